The molecule has 5 nitrogen and oxygen atoms in total. The molecule has 0 N–H and O–H groups in total. The van der Waals surface area contributed by atoms with E-state index in [1.165, 1.54) is 4.68 Å². The molecule has 0 fully saturated rings. The first-order chi connectivity index (χ1) is 13.1. The fraction of sp³-hybridized carbons (Fsp3) is 0.182. The highest BCUT2D eigenvalue weighted by molar-refractivity contribution is 5.88. The normalized spacial score (nSPS) is 11.2. The number of aryl methyl sites for hydroxylation is 2. The van der Waals surface area contributed by atoms with E-state index in [4.69, 9.17) is 4.74 Å². The van der Waals surface area contributed by atoms with Gasteiger partial charge in [0.15, 0.2) is 0 Å². The van der Waals surface area contributed by atoms with Crippen LogP contribution >= 0.6 is 0 Å². The van der Waals surface area contributed by atoms with Crippen LogP contribution in [0.15, 0.2) is 65.6 Å². The van der Waals surface area contributed by atoms with E-state index >= 15 is 0 Å². The van der Waals surface area contributed by atoms with Crippen LogP contribution in [-0.2, 0) is 11.3 Å². The van der Waals surface area contributed by atoms with Gasteiger partial charge in [0.05, 0.1) is 23.9 Å². The molecule has 0 radical (unpaired) electrons. The van der Waals surface area contributed by atoms with E-state index in [9.17, 15) is 4.79 Å². The van der Waals surface area contributed by atoms with Gasteiger partial charge >= 0.3 is 0 Å². The number of para-hydroxylation sites is 1. The molecule has 136 valence electrons. The molecule has 2 heterocycles. The Morgan fingerprint density at radius 2 is 1.70 bits per heavy atom. The van der Waals surface area contributed by atoms with E-state index in [1.807, 2.05) is 62.4 Å². The van der Waals surface area contributed by atoms with E-state index in [2.05, 4.69) is 15.7 Å². The van der Waals surface area contributed by atoms with E-state index < -0.39 is 0 Å². The summed E-state index contributed by atoms with van der Waals surface area (Å²) in [4.78, 5) is 13.2. The van der Waals surface area contributed by atoms with Crippen molar-refractivity contribution in [1.82, 2.24) is 14.3 Å². The second-order valence-corrected chi connectivity index (χ2v) is 6.59. The Balaban J connectivity index is 1.96. The number of rotatable bonds is 4. The van der Waals surface area contributed by atoms with Gasteiger partial charge in [-0.25, -0.2) is 0 Å². The zero-order valence-corrected chi connectivity index (χ0v) is 15.6. The predicted molar refractivity (Wildman–Crippen MR) is 107 cm³/mol. The summed E-state index contributed by atoms with van der Waals surface area (Å²) in [5, 5.41) is 5.98. The Hall–Kier alpha value is -3.18. The lowest BCUT2D eigenvalue weighted by atomic mass is 10.2. The SMILES string of the molecule is COCc1cccc(-n2c(C)c3cnn(-c4ccccc4)c(=O)c3c2C)c1. The Morgan fingerprint density at radius 3 is 2.44 bits per heavy atom. The van der Waals surface area contributed by atoms with Gasteiger partial charge in [-0.3, -0.25) is 4.79 Å². The molecule has 27 heavy (non-hydrogen) atoms. The minimum Gasteiger partial charge on any atom is -0.380 e. The van der Waals surface area contributed by atoms with Gasteiger partial charge in [-0.05, 0) is 43.7 Å². The van der Waals surface area contributed by atoms with Gasteiger partial charge < -0.3 is 9.30 Å². The highest BCUT2D eigenvalue weighted by Gasteiger charge is 2.17. The summed E-state index contributed by atoms with van der Waals surface area (Å²) >= 11 is 0. The van der Waals surface area contributed by atoms with Crippen LogP contribution in [0.25, 0.3) is 22.1 Å². The maximum absolute atomic E-state index is 13.2. The lowest BCUT2D eigenvalue weighted by Crippen LogP contribution is -2.21. The predicted octanol–water partition coefficient (Wildman–Crippen LogP) is 3.94. The zero-order chi connectivity index (χ0) is 19.0. The largest absolute Gasteiger partial charge is 0.380 e. The van der Waals surface area contributed by atoms with Gasteiger partial charge in [-0.2, -0.15) is 9.78 Å². The van der Waals surface area contributed by atoms with Crippen LogP contribution in [0.5, 0.6) is 0 Å². The highest BCUT2D eigenvalue weighted by atomic mass is 16.5. The van der Waals surface area contributed by atoms with Crippen molar-refractivity contribution in [1.29, 1.82) is 0 Å². The van der Waals surface area contributed by atoms with Gasteiger partial charge in [0.25, 0.3) is 5.56 Å². The number of hydrogen-bond donors (Lipinski definition) is 0. The van der Waals surface area contributed by atoms with Crippen molar-refractivity contribution >= 4 is 10.8 Å². The number of aromatic nitrogens is 3. The summed E-state index contributed by atoms with van der Waals surface area (Å²) < 4.78 is 8.82. The second kappa shape index (κ2) is 6.85. The van der Waals surface area contributed by atoms with Crippen LogP contribution in [0.2, 0.25) is 0 Å². The van der Waals surface area contributed by atoms with Gasteiger partial charge in [0.2, 0.25) is 0 Å². The van der Waals surface area contributed by atoms with Crippen molar-refractivity contribution in [3.05, 3.63) is 88.1 Å². The maximum atomic E-state index is 13.2. The van der Waals surface area contributed by atoms with Gasteiger partial charge in [-0.15, -0.1) is 0 Å². The van der Waals surface area contributed by atoms with Gasteiger partial charge in [0, 0.05) is 29.6 Å². The van der Waals surface area contributed by atoms with Crippen molar-refractivity contribution in [2.45, 2.75) is 20.5 Å². The van der Waals surface area contributed by atoms with Crippen LogP contribution in [0.1, 0.15) is 17.0 Å². The monoisotopic (exact) mass is 359 g/mol. The number of nitrogens with zero attached hydrogens (tertiary/aromatic N) is 3. The Morgan fingerprint density at radius 1 is 0.963 bits per heavy atom. The second-order valence-electron chi connectivity index (χ2n) is 6.59. The summed E-state index contributed by atoms with van der Waals surface area (Å²) in [6.45, 7) is 4.55. The minimum absolute atomic E-state index is 0.105. The van der Waals surface area contributed by atoms with Crippen molar-refractivity contribution in [2.75, 3.05) is 7.11 Å². The zero-order valence-electron chi connectivity index (χ0n) is 15.6. The number of hydrogen-bond acceptors (Lipinski definition) is 3. The topological polar surface area (TPSA) is 49.0 Å². The van der Waals surface area contributed by atoms with Gasteiger partial charge in [-0.1, -0.05) is 30.3 Å². The number of benzene rings is 2. The van der Waals surface area contributed by atoms with Gasteiger partial charge in [0.1, 0.15) is 0 Å². The number of methoxy groups -OCH3 is 1. The summed E-state index contributed by atoms with van der Waals surface area (Å²) in [5.41, 5.74) is 4.67. The minimum atomic E-state index is -0.105. The molecule has 0 bridgehead atoms. The third-order valence-electron chi connectivity index (χ3n) is 4.88. The molecule has 0 amide bonds. The van der Waals surface area contributed by atoms with Crippen LogP contribution < -0.4 is 5.56 Å². The van der Waals surface area contributed by atoms with Crippen molar-refractivity contribution in [3.63, 3.8) is 0 Å². The van der Waals surface area contributed by atoms with Crippen LogP contribution in [-0.4, -0.2) is 21.5 Å². The Bertz CT molecular complexity index is 1170. The molecule has 0 saturated heterocycles. The Kier molecular flexibility index (Phi) is 4.38. The third kappa shape index (κ3) is 2.86. The molecule has 0 aliphatic rings. The van der Waals surface area contributed by atoms with Crippen molar-refractivity contribution < 1.29 is 4.74 Å². The first kappa shape index (κ1) is 17.2. The maximum Gasteiger partial charge on any atom is 0.281 e. The first-order valence-corrected chi connectivity index (χ1v) is 8.85. The van der Waals surface area contributed by atoms with E-state index in [0.29, 0.717) is 12.0 Å². The molecule has 2 aromatic heterocycles. The van der Waals surface area contributed by atoms with E-state index in [-0.39, 0.29) is 5.56 Å². The molecule has 5 heteroatoms. The quantitative estimate of drug-likeness (QED) is 0.554. The summed E-state index contributed by atoms with van der Waals surface area (Å²) in [6, 6.07) is 17.7. The molecular weight excluding hydrogens is 338 g/mol. The average molecular weight is 359 g/mol. The van der Waals surface area contributed by atoms with Crippen molar-refractivity contribution in [3.8, 4) is 11.4 Å². The molecule has 0 spiro atoms. The smallest absolute Gasteiger partial charge is 0.281 e. The first-order valence-electron chi connectivity index (χ1n) is 8.85. The van der Waals surface area contributed by atoms with Crippen LogP contribution in [0.3, 0.4) is 0 Å². The molecule has 4 aromatic rings. The number of ether oxygens (including phenoxy) is 1. The molecule has 0 aliphatic carbocycles. The summed E-state index contributed by atoms with van der Waals surface area (Å²) in [5.74, 6) is 0. The summed E-state index contributed by atoms with van der Waals surface area (Å²) in [6.07, 6.45) is 1.78. The molecule has 0 atom stereocenters. The molecule has 0 aliphatic heterocycles. The Labute approximate surface area is 157 Å². The standard InChI is InChI=1S/C22H21N3O2/c1-15-20-13-23-25(18-9-5-4-6-10-18)22(26)21(20)16(2)24(15)19-11-7-8-17(12-19)14-27-3/h4-13H,14H2,1-3H3. The molecule has 4 rings (SSSR count). The molecular formula is C22H21N3O2. The molecule has 0 saturated carbocycles. The lowest BCUT2D eigenvalue weighted by Gasteiger charge is -2.11. The van der Waals surface area contributed by atoms with E-state index in [1.54, 1.807) is 13.3 Å². The average Bonchev–Trinajstić information content (AvgIpc) is 2.94. The van der Waals surface area contributed by atoms with Crippen LogP contribution in [0.4, 0.5) is 0 Å². The highest BCUT2D eigenvalue weighted by Crippen LogP contribution is 2.26. The van der Waals surface area contributed by atoms with Crippen LogP contribution in [0, 0.1) is 13.8 Å². The van der Waals surface area contributed by atoms with E-state index in [0.717, 1.165) is 33.7 Å². The third-order valence-corrected chi connectivity index (χ3v) is 4.88. The fourth-order valence-corrected chi connectivity index (χ4v) is 3.65. The number of fused-ring (bicyclic) bond motifs is 1. The van der Waals surface area contributed by atoms with Crippen molar-refractivity contribution in [2.24, 2.45) is 0 Å². The molecule has 0 unspecified atom stereocenters. The summed E-state index contributed by atoms with van der Waals surface area (Å²) in [7, 11) is 1.69. The fourth-order valence-electron chi connectivity index (χ4n) is 3.65. The molecule has 2 aromatic carbocycles. The lowest BCUT2D eigenvalue weighted by molar-refractivity contribution is 0.185.